The molecular formula is C42H22F6. The van der Waals surface area contributed by atoms with E-state index in [0.29, 0.717) is 11.1 Å². The van der Waals surface area contributed by atoms with Crippen LogP contribution in [0.2, 0.25) is 0 Å². The molecule has 0 bridgehead atoms. The van der Waals surface area contributed by atoms with Gasteiger partial charge in [-0.25, -0.2) is 0 Å². The third-order valence-electron chi connectivity index (χ3n) is 9.64. The number of hydrogen-bond donors (Lipinski definition) is 0. The van der Waals surface area contributed by atoms with E-state index in [0.717, 1.165) is 100 Å². The molecule has 0 fully saturated rings. The molecule has 0 nitrogen and oxygen atoms in total. The van der Waals surface area contributed by atoms with Gasteiger partial charge in [-0.3, -0.25) is 0 Å². The Balaban J connectivity index is 1.52. The first kappa shape index (κ1) is 28.6. The Morgan fingerprint density at radius 2 is 0.562 bits per heavy atom. The van der Waals surface area contributed by atoms with Gasteiger partial charge in [0.15, 0.2) is 0 Å². The second-order valence-corrected chi connectivity index (χ2v) is 12.2. The molecule has 0 saturated heterocycles. The first-order valence-corrected chi connectivity index (χ1v) is 15.4. The van der Waals surface area contributed by atoms with Crippen LogP contribution in [0.4, 0.5) is 26.3 Å². The number of alkyl halides is 6. The fraction of sp³-hybridized carbons (Fsp3) is 0.0476. The van der Waals surface area contributed by atoms with Crippen molar-refractivity contribution < 1.29 is 26.3 Å². The molecule has 0 radical (unpaired) electrons. The largest absolute Gasteiger partial charge is 0.416 e. The summed E-state index contributed by atoms with van der Waals surface area (Å²) in [5.74, 6) is 0. The van der Waals surface area contributed by atoms with Gasteiger partial charge >= 0.3 is 12.4 Å². The predicted molar refractivity (Wildman–Crippen MR) is 184 cm³/mol. The van der Waals surface area contributed by atoms with Crippen LogP contribution in [0.3, 0.4) is 0 Å². The van der Waals surface area contributed by atoms with Gasteiger partial charge in [-0.05, 0) is 111 Å². The van der Waals surface area contributed by atoms with Crippen LogP contribution in [-0.4, -0.2) is 0 Å². The number of rotatable bonds is 2. The van der Waals surface area contributed by atoms with Crippen LogP contribution in [0.5, 0.6) is 0 Å². The molecule has 0 unspecified atom stereocenters. The quantitative estimate of drug-likeness (QED) is 0.100. The van der Waals surface area contributed by atoms with Crippen molar-refractivity contribution in [1.82, 2.24) is 0 Å². The summed E-state index contributed by atoms with van der Waals surface area (Å²) < 4.78 is 81.5. The molecule has 0 heterocycles. The molecule has 0 saturated carbocycles. The second kappa shape index (κ2) is 9.94. The molecule has 0 aliphatic heterocycles. The van der Waals surface area contributed by atoms with E-state index < -0.39 is 23.5 Å². The maximum Gasteiger partial charge on any atom is 0.416 e. The van der Waals surface area contributed by atoms with Gasteiger partial charge < -0.3 is 0 Å². The molecule has 9 aromatic rings. The molecule has 0 N–H and O–H groups in total. The van der Waals surface area contributed by atoms with E-state index in [2.05, 4.69) is 24.3 Å². The van der Waals surface area contributed by atoms with Crippen molar-refractivity contribution in [2.75, 3.05) is 0 Å². The average molecular weight is 641 g/mol. The molecule has 6 heteroatoms. The molecule has 0 aromatic heterocycles. The summed E-state index contributed by atoms with van der Waals surface area (Å²) in [6.07, 6.45) is -8.92. The minimum atomic E-state index is -4.46. The Bertz CT molecular complexity index is 2530. The topological polar surface area (TPSA) is 0 Å². The summed E-state index contributed by atoms with van der Waals surface area (Å²) >= 11 is 0. The maximum atomic E-state index is 13.6. The van der Waals surface area contributed by atoms with Crippen LogP contribution in [0.25, 0.3) is 86.9 Å². The van der Waals surface area contributed by atoms with E-state index in [4.69, 9.17) is 0 Å². The Kier molecular flexibility index (Phi) is 5.92. The molecule has 9 aromatic carbocycles. The normalized spacial score (nSPS) is 12.8. The molecule has 48 heavy (non-hydrogen) atoms. The zero-order valence-electron chi connectivity index (χ0n) is 25.0. The minimum absolute atomic E-state index is 0.661. The third kappa shape index (κ3) is 4.05. The van der Waals surface area contributed by atoms with Crippen LogP contribution >= 0.6 is 0 Å². The van der Waals surface area contributed by atoms with Crippen LogP contribution < -0.4 is 0 Å². The average Bonchev–Trinajstić information content (AvgIpc) is 3.09. The van der Waals surface area contributed by atoms with Crippen molar-refractivity contribution in [3.8, 4) is 22.3 Å². The van der Waals surface area contributed by atoms with E-state index in [9.17, 15) is 26.3 Å². The molecule has 0 aliphatic rings. The van der Waals surface area contributed by atoms with Gasteiger partial charge in [-0.1, -0.05) is 109 Å². The van der Waals surface area contributed by atoms with Crippen molar-refractivity contribution in [2.24, 2.45) is 0 Å². The first-order valence-electron chi connectivity index (χ1n) is 15.4. The lowest BCUT2D eigenvalue weighted by Gasteiger charge is -2.23. The molecular weight excluding hydrogens is 618 g/mol. The van der Waals surface area contributed by atoms with Gasteiger partial charge in [-0.2, -0.15) is 26.3 Å². The van der Waals surface area contributed by atoms with E-state index in [1.807, 2.05) is 60.7 Å². The van der Waals surface area contributed by atoms with Gasteiger partial charge in [0, 0.05) is 0 Å². The molecule has 0 atom stereocenters. The SMILES string of the molecule is FC(F)(F)c1ccc(-c2c3ccccc3c3c4ccccc4c4c5ccccc5c(-c5ccc(C(F)(F)F)cc5)c5ccc2c3c54)cc1. The fourth-order valence-corrected chi connectivity index (χ4v) is 7.69. The number of halogens is 6. The smallest absolute Gasteiger partial charge is 0.166 e. The van der Waals surface area contributed by atoms with Gasteiger partial charge in [0.05, 0.1) is 11.1 Å². The van der Waals surface area contributed by atoms with Crippen molar-refractivity contribution >= 4 is 64.6 Å². The second-order valence-electron chi connectivity index (χ2n) is 12.2. The van der Waals surface area contributed by atoms with Crippen molar-refractivity contribution in [1.29, 1.82) is 0 Å². The summed E-state index contributed by atoms with van der Waals surface area (Å²) in [6.45, 7) is 0. The lowest BCUT2D eigenvalue weighted by atomic mass is 9.79. The fourth-order valence-electron chi connectivity index (χ4n) is 7.69. The first-order chi connectivity index (χ1) is 23.1. The molecule has 0 amide bonds. The zero-order valence-corrected chi connectivity index (χ0v) is 25.0. The molecule has 9 rings (SSSR count). The summed E-state index contributed by atoms with van der Waals surface area (Å²) in [4.78, 5) is 0. The van der Waals surface area contributed by atoms with Crippen molar-refractivity contribution in [3.63, 3.8) is 0 Å². The Hall–Kier alpha value is -5.62. The summed E-state index contributed by atoms with van der Waals surface area (Å²) in [6, 6.07) is 38.8. The predicted octanol–water partition coefficient (Wildman–Crippen LogP) is 13.4. The van der Waals surface area contributed by atoms with Crippen LogP contribution in [0, 0.1) is 0 Å². The highest BCUT2D eigenvalue weighted by Gasteiger charge is 2.31. The van der Waals surface area contributed by atoms with Gasteiger partial charge in [0.25, 0.3) is 0 Å². The van der Waals surface area contributed by atoms with Gasteiger partial charge in [0.1, 0.15) is 0 Å². The molecule has 0 aliphatic carbocycles. The van der Waals surface area contributed by atoms with Gasteiger partial charge in [0.2, 0.25) is 0 Å². The zero-order chi connectivity index (χ0) is 32.9. The van der Waals surface area contributed by atoms with E-state index in [1.165, 1.54) is 24.3 Å². The minimum Gasteiger partial charge on any atom is -0.166 e. The summed E-state index contributed by atoms with van der Waals surface area (Å²) in [5.41, 5.74) is 1.55. The van der Waals surface area contributed by atoms with Gasteiger partial charge in [-0.15, -0.1) is 0 Å². The number of hydrogen-bond acceptors (Lipinski definition) is 0. The highest BCUT2D eigenvalue weighted by molar-refractivity contribution is 6.45. The molecule has 0 spiro atoms. The molecule has 232 valence electrons. The van der Waals surface area contributed by atoms with Crippen molar-refractivity contribution in [3.05, 3.63) is 145 Å². The monoisotopic (exact) mass is 640 g/mol. The number of fused-ring (bicyclic) bond motifs is 7. The Labute approximate surface area is 269 Å². The van der Waals surface area contributed by atoms with E-state index in [1.54, 1.807) is 0 Å². The van der Waals surface area contributed by atoms with Crippen LogP contribution in [-0.2, 0) is 12.4 Å². The van der Waals surface area contributed by atoms with Crippen molar-refractivity contribution in [2.45, 2.75) is 12.4 Å². The number of benzene rings is 9. The maximum absolute atomic E-state index is 13.6. The third-order valence-corrected chi connectivity index (χ3v) is 9.64. The Morgan fingerprint density at radius 3 is 0.875 bits per heavy atom. The highest BCUT2D eigenvalue weighted by atomic mass is 19.4. The van der Waals surface area contributed by atoms with Crippen LogP contribution in [0.1, 0.15) is 11.1 Å². The standard InChI is InChI=1S/C42H22F6/c43-41(44,45)25-17-13-23(14-18-25)35-27-7-1-3-9-29(27)37-31-11-5-6-12-32(31)38-30-10-4-2-8-28(30)36(34-22-21-33(35)39(37)40(34)38)24-15-19-26(20-16-24)42(46,47)48/h1-22H. The summed E-state index contributed by atoms with van der Waals surface area (Å²) in [5, 5.41) is 11.6. The van der Waals surface area contributed by atoms with E-state index >= 15 is 0 Å². The Morgan fingerprint density at radius 1 is 0.271 bits per heavy atom. The lowest BCUT2D eigenvalue weighted by Crippen LogP contribution is -2.04. The van der Waals surface area contributed by atoms with E-state index in [-0.39, 0.29) is 0 Å². The lowest BCUT2D eigenvalue weighted by molar-refractivity contribution is -0.138. The highest BCUT2D eigenvalue weighted by Crippen LogP contribution is 2.52. The summed E-state index contributed by atoms with van der Waals surface area (Å²) in [7, 11) is 0. The van der Waals surface area contributed by atoms with Crippen LogP contribution in [0.15, 0.2) is 133 Å².